The largest absolute Gasteiger partial charge is 0.493 e. The van der Waals surface area contributed by atoms with Crippen molar-refractivity contribution in [3.63, 3.8) is 0 Å². The van der Waals surface area contributed by atoms with E-state index in [1.54, 1.807) is 21.3 Å². The number of aliphatic imine (C=N–C) groups is 1. The summed E-state index contributed by atoms with van der Waals surface area (Å²) in [6.07, 6.45) is 1.87. The number of rotatable bonds is 7. The fraction of sp³-hybridized carbons (Fsp3) is 0.444. The second-order valence-corrected chi connectivity index (χ2v) is 5.60. The van der Waals surface area contributed by atoms with Crippen molar-refractivity contribution in [2.75, 3.05) is 33.1 Å². The number of hydrogen-bond donors (Lipinski definition) is 2. The number of methoxy groups -OCH3 is 2. The fourth-order valence-electron chi connectivity index (χ4n) is 2.56. The van der Waals surface area contributed by atoms with Gasteiger partial charge in [0.05, 0.1) is 19.9 Å². The SMILES string of the molecule is CN=C(NCCCc1c(C)noc1C)Nc1ccc(OC)c(OC)c1. The first-order valence-electron chi connectivity index (χ1n) is 8.20. The van der Waals surface area contributed by atoms with Crippen molar-refractivity contribution in [2.24, 2.45) is 4.99 Å². The van der Waals surface area contributed by atoms with Gasteiger partial charge in [0.15, 0.2) is 17.5 Å². The van der Waals surface area contributed by atoms with Crippen LogP contribution in [-0.4, -0.2) is 38.9 Å². The third-order valence-corrected chi connectivity index (χ3v) is 3.95. The average Bonchev–Trinajstić information content (AvgIpc) is 2.95. The van der Waals surface area contributed by atoms with Crippen molar-refractivity contribution in [1.29, 1.82) is 0 Å². The summed E-state index contributed by atoms with van der Waals surface area (Å²) < 4.78 is 15.7. The maximum Gasteiger partial charge on any atom is 0.195 e. The molecule has 0 saturated heterocycles. The van der Waals surface area contributed by atoms with Crippen LogP contribution in [0.25, 0.3) is 0 Å². The van der Waals surface area contributed by atoms with Crippen LogP contribution in [0.3, 0.4) is 0 Å². The minimum Gasteiger partial charge on any atom is -0.493 e. The van der Waals surface area contributed by atoms with Crippen molar-refractivity contribution in [2.45, 2.75) is 26.7 Å². The van der Waals surface area contributed by atoms with Gasteiger partial charge in [0.2, 0.25) is 0 Å². The molecule has 0 aliphatic carbocycles. The van der Waals surface area contributed by atoms with Gasteiger partial charge in [-0.05, 0) is 38.8 Å². The van der Waals surface area contributed by atoms with Gasteiger partial charge in [-0.15, -0.1) is 0 Å². The highest BCUT2D eigenvalue weighted by Gasteiger charge is 2.09. The molecule has 0 atom stereocenters. The summed E-state index contributed by atoms with van der Waals surface area (Å²) in [6.45, 7) is 4.70. The third kappa shape index (κ3) is 4.89. The lowest BCUT2D eigenvalue weighted by atomic mass is 10.1. The molecule has 7 nitrogen and oxygen atoms in total. The highest BCUT2D eigenvalue weighted by Crippen LogP contribution is 2.29. The van der Waals surface area contributed by atoms with Crippen LogP contribution in [0.1, 0.15) is 23.4 Å². The lowest BCUT2D eigenvalue weighted by Crippen LogP contribution is -2.31. The van der Waals surface area contributed by atoms with E-state index < -0.39 is 0 Å². The van der Waals surface area contributed by atoms with E-state index in [9.17, 15) is 0 Å². The Hall–Kier alpha value is -2.70. The summed E-state index contributed by atoms with van der Waals surface area (Å²) in [5.74, 6) is 2.95. The van der Waals surface area contributed by atoms with E-state index >= 15 is 0 Å². The number of nitrogens with one attached hydrogen (secondary N) is 2. The van der Waals surface area contributed by atoms with Crippen molar-refractivity contribution >= 4 is 11.6 Å². The van der Waals surface area contributed by atoms with Gasteiger partial charge < -0.3 is 24.6 Å². The lowest BCUT2D eigenvalue weighted by Gasteiger charge is -2.14. The fourth-order valence-corrected chi connectivity index (χ4v) is 2.56. The first-order valence-corrected chi connectivity index (χ1v) is 8.20. The topological polar surface area (TPSA) is 80.9 Å². The predicted molar refractivity (Wildman–Crippen MR) is 98.8 cm³/mol. The Balaban J connectivity index is 1.87. The number of benzene rings is 1. The summed E-state index contributed by atoms with van der Waals surface area (Å²) >= 11 is 0. The highest BCUT2D eigenvalue weighted by atomic mass is 16.5. The molecule has 25 heavy (non-hydrogen) atoms. The smallest absolute Gasteiger partial charge is 0.195 e. The second kappa shape index (κ2) is 8.96. The highest BCUT2D eigenvalue weighted by molar-refractivity contribution is 5.93. The van der Waals surface area contributed by atoms with E-state index in [1.807, 2.05) is 32.0 Å². The molecule has 7 heteroatoms. The zero-order chi connectivity index (χ0) is 18.2. The Morgan fingerprint density at radius 2 is 1.96 bits per heavy atom. The average molecular weight is 346 g/mol. The van der Waals surface area contributed by atoms with E-state index in [-0.39, 0.29) is 0 Å². The molecule has 0 bridgehead atoms. The minimum absolute atomic E-state index is 0.668. The molecular weight excluding hydrogens is 320 g/mol. The number of aromatic nitrogens is 1. The Kier molecular flexibility index (Phi) is 6.68. The van der Waals surface area contributed by atoms with Crippen molar-refractivity contribution in [3.05, 3.63) is 35.2 Å². The normalized spacial score (nSPS) is 11.3. The molecule has 2 aromatic rings. The van der Waals surface area contributed by atoms with Crippen LogP contribution in [0.4, 0.5) is 5.69 Å². The number of aryl methyl sites for hydroxylation is 2. The van der Waals surface area contributed by atoms with Crippen LogP contribution in [0.2, 0.25) is 0 Å². The quantitative estimate of drug-likeness (QED) is 0.456. The Morgan fingerprint density at radius 3 is 2.56 bits per heavy atom. The molecule has 2 rings (SSSR count). The molecule has 1 heterocycles. The Labute approximate surface area is 148 Å². The van der Waals surface area contributed by atoms with Crippen molar-refractivity contribution in [3.8, 4) is 11.5 Å². The zero-order valence-electron chi connectivity index (χ0n) is 15.5. The van der Waals surface area contributed by atoms with E-state index in [0.717, 1.165) is 36.5 Å². The number of hydrogen-bond acceptors (Lipinski definition) is 5. The number of nitrogens with zero attached hydrogens (tertiary/aromatic N) is 2. The first kappa shape index (κ1) is 18.6. The second-order valence-electron chi connectivity index (χ2n) is 5.60. The lowest BCUT2D eigenvalue weighted by molar-refractivity contribution is 0.355. The van der Waals surface area contributed by atoms with Gasteiger partial charge in [0, 0.05) is 30.9 Å². The summed E-state index contributed by atoms with van der Waals surface area (Å²) in [5.41, 5.74) is 3.02. The molecule has 0 unspecified atom stereocenters. The van der Waals surface area contributed by atoms with E-state index in [4.69, 9.17) is 14.0 Å². The molecule has 0 spiro atoms. The van der Waals surface area contributed by atoms with E-state index in [0.29, 0.717) is 17.5 Å². The molecule has 0 saturated carbocycles. The van der Waals surface area contributed by atoms with Gasteiger partial charge >= 0.3 is 0 Å². The molecule has 1 aromatic carbocycles. The molecule has 0 radical (unpaired) electrons. The molecule has 1 aromatic heterocycles. The predicted octanol–water partition coefficient (Wildman–Crippen LogP) is 2.93. The van der Waals surface area contributed by atoms with Gasteiger partial charge in [-0.25, -0.2) is 0 Å². The van der Waals surface area contributed by atoms with Gasteiger partial charge in [-0.1, -0.05) is 5.16 Å². The molecule has 0 aliphatic heterocycles. The van der Waals surface area contributed by atoms with Crippen LogP contribution in [-0.2, 0) is 6.42 Å². The number of guanidine groups is 1. The molecule has 2 N–H and O–H groups in total. The summed E-state index contributed by atoms with van der Waals surface area (Å²) in [6, 6.07) is 5.64. The molecular formula is C18H26N4O3. The zero-order valence-corrected chi connectivity index (χ0v) is 15.5. The van der Waals surface area contributed by atoms with Gasteiger partial charge in [-0.2, -0.15) is 0 Å². The number of ether oxygens (including phenoxy) is 2. The van der Waals surface area contributed by atoms with Crippen molar-refractivity contribution in [1.82, 2.24) is 10.5 Å². The van der Waals surface area contributed by atoms with Gasteiger partial charge in [0.1, 0.15) is 5.76 Å². The van der Waals surface area contributed by atoms with Crippen LogP contribution in [0, 0.1) is 13.8 Å². The summed E-state index contributed by atoms with van der Waals surface area (Å²) in [7, 11) is 4.97. The van der Waals surface area contributed by atoms with Crippen molar-refractivity contribution < 1.29 is 14.0 Å². The minimum atomic E-state index is 0.668. The Bertz CT molecular complexity index is 706. The van der Waals surface area contributed by atoms with Crippen LogP contribution >= 0.6 is 0 Å². The first-order chi connectivity index (χ1) is 12.1. The maximum atomic E-state index is 5.31. The van der Waals surface area contributed by atoms with Crippen LogP contribution in [0.5, 0.6) is 11.5 Å². The van der Waals surface area contributed by atoms with E-state index in [2.05, 4.69) is 20.8 Å². The molecule has 0 aliphatic rings. The van der Waals surface area contributed by atoms with Gasteiger partial charge in [-0.3, -0.25) is 4.99 Å². The Morgan fingerprint density at radius 1 is 1.20 bits per heavy atom. The molecule has 0 fully saturated rings. The monoisotopic (exact) mass is 346 g/mol. The summed E-state index contributed by atoms with van der Waals surface area (Å²) in [4.78, 5) is 4.24. The van der Waals surface area contributed by atoms with E-state index in [1.165, 1.54) is 5.56 Å². The summed E-state index contributed by atoms with van der Waals surface area (Å²) in [5, 5.41) is 10.5. The van der Waals surface area contributed by atoms with Crippen LogP contribution in [0.15, 0.2) is 27.7 Å². The standard InChI is InChI=1S/C18H26N4O3/c1-12-15(13(2)25-22-12)7-6-10-20-18(19-3)21-14-8-9-16(23-4)17(11-14)24-5/h8-9,11H,6-7,10H2,1-5H3,(H2,19,20,21). The molecule has 136 valence electrons. The van der Waals surface area contributed by atoms with Gasteiger partial charge in [0.25, 0.3) is 0 Å². The van der Waals surface area contributed by atoms with Crippen LogP contribution < -0.4 is 20.1 Å². The third-order valence-electron chi connectivity index (χ3n) is 3.95. The maximum absolute atomic E-state index is 5.31. The number of anilines is 1. The molecule has 0 amide bonds.